The number of phosphoric ester groups is 1. The fourth-order valence-corrected chi connectivity index (χ4v) is 8.22. The van der Waals surface area contributed by atoms with Crippen molar-refractivity contribution in [2.75, 3.05) is 40.9 Å². The zero-order valence-electron chi connectivity index (χ0n) is 40.9. The van der Waals surface area contributed by atoms with Gasteiger partial charge in [-0.15, -0.1) is 0 Å². The maximum atomic E-state index is 12.9. The number of unbranched alkanes of at least 4 members (excludes halogenated alkanes) is 30. The predicted molar refractivity (Wildman–Crippen MR) is 263 cm³/mol. The second-order valence-corrected chi connectivity index (χ2v) is 20.3. The number of phosphoric acid groups is 1. The topological polar surface area (TPSA) is 105 Å². The number of amides is 1. The molecular weight excluding hydrogens is 780 g/mol. The number of quaternary nitrogens is 1. The molecule has 3 atom stereocenters. The highest BCUT2D eigenvalue weighted by atomic mass is 31.2. The Labute approximate surface area is 378 Å². The Bertz CT molecular complexity index is 1090. The molecular formula is C52H102N2O6P+. The van der Waals surface area contributed by atoms with Crippen molar-refractivity contribution in [1.82, 2.24) is 5.32 Å². The van der Waals surface area contributed by atoms with Crippen molar-refractivity contribution in [2.24, 2.45) is 0 Å². The Morgan fingerprint density at radius 3 is 1.31 bits per heavy atom. The van der Waals surface area contributed by atoms with Crippen LogP contribution in [0.1, 0.15) is 239 Å². The minimum Gasteiger partial charge on any atom is -0.387 e. The monoisotopic (exact) mass is 882 g/mol. The predicted octanol–water partition coefficient (Wildman–Crippen LogP) is 15.0. The molecule has 0 aliphatic rings. The van der Waals surface area contributed by atoms with Crippen LogP contribution in [0.5, 0.6) is 0 Å². The summed E-state index contributed by atoms with van der Waals surface area (Å²) >= 11 is 0. The fourth-order valence-electron chi connectivity index (χ4n) is 7.49. The van der Waals surface area contributed by atoms with Crippen LogP contribution in [0.15, 0.2) is 36.5 Å². The summed E-state index contributed by atoms with van der Waals surface area (Å²) in [7, 11) is 1.55. The highest BCUT2D eigenvalue weighted by Gasteiger charge is 2.27. The Morgan fingerprint density at radius 2 is 0.902 bits per heavy atom. The number of nitrogens with one attached hydrogen (secondary N) is 1. The number of hydrogen-bond acceptors (Lipinski definition) is 5. The van der Waals surface area contributed by atoms with E-state index in [2.05, 4.69) is 43.5 Å². The summed E-state index contributed by atoms with van der Waals surface area (Å²) in [6.45, 7) is 4.78. The van der Waals surface area contributed by atoms with Gasteiger partial charge in [0.1, 0.15) is 13.2 Å². The number of aliphatic hydroxyl groups excluding tert-OH is 1. The summed E-state index contributed by atoms with van der Waals surface area (Å²) in [6, 6.07) is -0.866. The van der Waals surface area contributed by atoms with Crippen LogP contribution in [-0.2, 0) is 18.4 Å². The third-order valence-electron chi connectivity index (χ3n) is 11.6. The number of allylic oxidation sites excluding steroid dienone is 5. The lowest BCUT2D eigenvalue weighted by atomic mass is 10.0. The fraction of sp³-hybridized carbons (Fsp3) is 0.865. The van der Waals surface area contributed by atoms with Crippen LogP contribution in [0.3, 0.4) is 0 Å². The van der Waals surface area contributed by atoms with Crippen LogP contribution in [0.4, 0.5) is 0 Å². The Morgan fingerprint density at radius 1 is 0.541 bits per heavy atom. The molecule has 0 aliphatic carbocycles. The largest absolute Gasteiger partial charge is 0.472 e. The summed E-state index contributed by atoms with van der Waals surface area (Å²) < 4.78 is 23.6. The first-order valence-electron chi connectivity index (χ1n) is 25.9. The van der Waals surface area contributed by atoms with Gasteiger partial charge < -0.3 is 19.8 Å². The molecule has 9 heteroatoms. The van der Waals surface area contributed by atoms with Gasteiger partial charge in [-0.1, -0.05) is 224 Å². The lowest BCUT2D eigenvalue weighted by Gasteiger charge is -2.25. The van der Waals surface area contributed by atoms with Gasteiger partial charge in [-0.05, 0) is 44.9 Å². The number of hydrogen-bond donors (Lipinski definition) is 3. The number of rotatable bonds is 47. The maximum absolute atomic E-state index is 12.9. The molecule has 0 aliphatic heterocycles. The second-order valence-electron chi connectivity index (χ2n) is 18.9. The van der Waals surface area contributed by atoms with E-state index in [1.165, 1.54) is 173 Å². The van der Waals surface area contributed by atoms with Gasteiger partial charge in [-0.25, -0.2) is 4.57 Å². The summed E-state index contributed by atoms with van der Waals surface area (Å²) in [5, 5.41) is 13.8. The molecule has 0 saturated heterocycles. The molecule has 0 rings (SSSR count). The van der Waals surface area contributed by atoms with Crippen LogP contribution in [0.25, 0.3) is 0 Å². The molecule has 1 amide bonds. The van der Waals surface area contributed by atoms with Crippen molar-refractivity contribution in [1.29, 1.82) is 0 Å². The normalized spacial score (nSPS) is 14.4. The van der Waals surface area contributed by atoms with Gasteiger partial charge in [0.05, 0.1) is 39.9 Å². The van der Waals surface area contributed by atoms with Gasteiger partial charge in [0.25, 0.3) is 0 Å². The average Bonchev–Trinajstić information content (AvgIpc) is 3.21. The molecule has 0 aromatic carbocycles. The second kappa shape index (κ2) is 43.9. The third-order valence-corrected chi connectivity index (χ3v) is 12.6. The third kappa shape index (κ3) is 46.5. The zero-order valence-corrected chi connectivity index (χ0v) is 41.8. The SMILES string of the molecule is CCCCCC/C=C/CC/C=C/CC/C=C/C(O)C(COP(=O)(O)OCC[N+](C)(C)C)NC(=O)CCCCCCCCCCCCCCCCCCCCCCCCCCC. The van der Waals surface area contributed by atoms with Gasteiger partial charge in [0.2, 0.25) is 5.91 Å². The first-order chi connectivity index (χ1) is 29.5. The molecule has 0 heterocycles. The number of nitrogens with zero attached hydrogens (tertiary/aromatic N) is 1. The lowest BCUT2D eigenvalue weighted by molar-refractivity contribution is -0.870. The van der Waals surface area contributed by atoms with Gasteiger partial charge in [-0.2, -0.15) is 0 Å². The molecule has 3 N–H and O–H groups in total. The van der Waals surface area contributed by atoms with E-state index < -0.39 is 20.0 Å². The van der Waals surface area contributed by atoms with Crippen molar-refractivity contribution < 1.29 is 32.9 Å². The van der Waals surface area contributed by atoms with Crippen LogP contribution >= 0.6 is 7.82 Å². The van der Waals surface area contributed by atoms with E-state index >= 15 is 0 Å². The number of carbonyl (C=O) groups is 1. The van der Waals surface area contributed by atoms with E-state index in [1.807, 2.05) is 27.2 Å². The van der Waals surface area contributed by atoms with Crippen LogP contribution in [-0.4, -0.2) is 73.4 Å². The van der Waals surface area contributed by atoms with Crippen molar-refractivity contribution in [2.45, 2.75) is 251 Å². The molecule has 0 bridgehead atoms. The highest BCUT2D eigenvalue weighted by Crippen LogP contribution is 2.43. The van der Waals surface area contributed by atoms with Gasteiger partial charge >= 0.3 is 7.82 Å². The quantitative estimate of drug-likeness (QED) is 0.0243. The van der Waals surface area contributed by atoms with Crippen molar-refractivity contribution >= 4 is 13.7 Å². The van der Waals surface area contributed by atoms with Crippen LogP contribution < -0.4 is 5.32 Å². The summed E-state index contributed by atoms with van der Waals surface area (Å²) in [5.74, 6) is -0.188. The van der Waals surface area contributed by atoms with Gasteiger partial charge in [-0.3, -0.25) is 13.8 Å². The summed E-state index contributed by atoms with van der Waals surface area (Å²) in [5.41, 5.74) is 0. The minimum atomic E-state index is -4.35. The molecule has 0 radical (unpaired) electrons. The van der Waals surface area contributed by atoms with Crippen LogP contribution in [0.2, 0.25) is 0 Å². The Kier molecular flexibility index (Phi) is 43.0. The molecule has 3 unspecified atom stereocenters. The molecule has 0 saturated carbocycles. The Balaban J connectivity index is 4.22. The standard InChI is InChI=1S/C52H101N2O6P/c1-6-8-10-12-14-16-18-20-22-23-24-25-26-27-28-29-30-31-32-34-36-38-40-42-44-46-52(56)53-50(49-60-61(57,58)59-48-47-54(3,4)5)51(55)45-43-41-39-37-35-33-21-19-17-15-13-11-9-7-2/h17,19,35,37,43,45,50-51,55H,6-16,18,20-34,36,38-42,44,46-49H2,1-5H3,(H-,53,56,57,58)/p+1/b19-17+,37-35+,45-43+. The molecule has 8 nitrogen and oxygen atoms in total. The molecule has 0 spiro atoms. The van der Waals surface area contributed by atoms with E-state index in [0.717, 1.165) is 44.9 Å². The van der Waals surface area contributed by atoms with Crippen molar-refractivity contribution in [3.05, 3.63) is 36.5 Å². The van der Waals surface area contributed by atoms with E-state index in [1.54, 1.807) is 6.08 Å². The van der Waals surface area contributed by atoms with E-state index in [9.17, 15) is 19.4 Å². The first kappa shape index (κ1) is 59.7. The van der Waals surface area contributed by atoms with Crippen LogP contribution in [0, 0.1) is 0 Å². The number of carbonyl (C=O) groups excluding carboxylic acids is 1. The van der Waals surface area contributed by atoms with Gasteiger partial charge in [0.15, 0.2) is 0 Å². The minimum absolute atomic E-state index is 0.0548. The molecule has 0 aromatic heterocycles. The van der Waals surface area contributed by atoms with E-state index in [-0.39, 0.29) is 19.1 Å². The molecule has 0 fully saturated rings. The molecule has 360 valence electrons. The smallest absolute Gasteiger partial charge is 0.387 e. The van der Waals surface area contributed by atoms with Crippen molar-refractivity contribution in [3.63, 3.8) is 0 Å². The van der Waals surface area contributed by atoms with E-state index in [4.69, 9.17) is 9.05 Å². The Hall–Kier alpha value is -1.28. The zero-order chi connectivity index (χ0) is 45.0. The average molecular weight is 882 g/mol. The maximum Gasteiger partial charge on any atom is 0.472 e. The van der Waals surface area contributed by atoms with Gasteiger partial charge in [0, 0.05) is 6.42 Å². The first-order valence-corrected chi connectivity index (χ1v) is 27.4. The number of aliphatic hydroxyl groups is 1. The molecule has 0 aromatic rings. The van der Waals surface area contributed by atoms with Crippen molar-refractivity contribution in [3.8, 4) is 0 Å². The summed E-state index contributed by atoms with van der Waals surface area (Å²) in [4.78, 5) is 23.2. The van der Waals surface area contributed by atoms with E-state index in [0.29, 0.717) is 17.4 Å². The molecule has 61 heavy (non-hydrogen) atoms. The lowest BCUT2D eigenvalue weighted by Crippen LogP contribution is -2.45. The number of likely N-dealkylation sites (N-methyl/N-ethyl adjacent to an activating group) is 1. The highest BCUT2D eigenvalue weighted by molar-refractivity contribution is 7.47. The summed E-state index contributed by atoms with van der Waals surface area (Å²) in [6.07, 6.45) is 55.3.